The Morgan fingerprint density at radius 3 is 1.54 bits per heavy atom. The van der Waals surface area contributed by atoms with E-state index in [4.69, 9.17) is 34.1 Å². The van der Waals surface area contributed by atoms with E-state index in [2.05, 4.69) is 0 Å². The van der Waals surface area contributed by atoms with Crippen LogP contribution in [0.5, 0.6) is 0 Å². The summed E-state index contributed by atoms with van der Waals surface area (Å²) in [6, 6.07) is 0.0939. The molecule has 0 aromatic carbocycles. The van der Waals surface area contributed by atoms with E-state index >= 15 is 0 Å². The number of nitriles is 1. The highest BCUT2D eigenvalue weighted by Gasteiger charge is 2.43. The van der Waals surface area contributed by atoms with E-state index < -0.39 is 47.4 Å². The molecule has 13 nitrogen and oxygen atoms in total. The van der Waals surface area contributed by atoms with Crippen molar-refractivity contribution in [2.45, 2.75) is 119 Å². The Morgan fingerprint density at radius 2 is 1.20 bits per heavy atom. The molecule has 13 heteroatoms. The summed E-state index contributed by atoms with van der Waals surface area (Å²) in [6.07, 6.45) is -0.994. The van der Waals surface area contributed by atoms with E-state index in [9.17, 15) is 19.2 Å². The zero-order chi connectivity index (χ0) is 30.0. The number of hydrogen-bond acceptors (Lipinski definition) is 10. The molecule has 4 atom stereocenters. The molecular weight excluding hydrogens is 538 g/mol. The second kappa shape index (κ2) is 17.6. The van der Waals surface area contributed by atoms with E-state index in [1.807, 2.05) is 13.8 Å². The highest BCUT2D eigenvalue weighted by Crippen LogP contribution is 2.25. The fourth-order valence-corrected chi connectivity index (χ4v) is 4.01. The van der Waals surface area contributed by atoms with Gasteiger partial charge in [0.1, 0.15) is 29.4 Å². The van der Waals surface area contributed by atoms with Crippen LogP contribution >= 0.6 is 0 Å². The smallest absolute Gasteiger partial charge is 0.411 e. The first kappa shape index (κ1) is 40.0. The van der Waals surface area contributed by atoms with Crippen LogP contribution in [-0.4, -0.2) is 107 Å². The fraction of sp³-hybridized carbons (Fsp3) is 0.821. The van der Waals surface area contributed by atoms with Crippen LogP contribution in [0.25, 0.3) is 0 Å². The monoisotopic (exact) mass is 589 g/mol. The third-order valence-corrected chi connectivity index (χ3v) is 5.42. The van der Waals surface area contributed by atoms with Gasteiger partial charge in [-0.15, -0.1) is 0 Å². The molecule has 41 heavy (non-hydrogen) atoms. The maximum atomic E-state index is 12.2. The number of esters is 1. The number of hydrogen-bond donors (Lipinski definition) is 1. The normalized spacial score (nSPS) is 21.7. The number of nitrogens with zero attached hydrogens (tertiary/aromatic N) is 3. The standard InChI is InChI=1S/C14H22N2O5.C12H21NO5.2CH4/c1-5-19-10-8-11(12(17)20-7-6-15)16(9-10)13(18)21-14(2,3)4;1-5-17-8-6-9(10(14)15)13(7-8)11(16)18-12(2,3)4;;/h10-11H,5,7-9H2,1-4H3;8-9H,5-7H2,1-4H3,(H,14,15);2*1H4/t10-,11+;8-,9+;;/m11../s1. The van der Waals surface area contributed by atoms with Gasteiger partial charge in [-0.1, -0.05) is 14.9 Å². The number of carbonyl (C=O) groups excluding carboxylic acids is 3. The first-order chi connectivity index (χ1) is 18.0. The highest BCUT2D eigenvalue weighted by atomic mass is 16.6. The molecule has 0 saturated carbocycles. The summed E-state index contributed by atoms with van der Waals surface area (Å²) < 4.78 is 26.2. The largest absolute Gasteiger partial charge is 0.480 e. The summed E-state index contributed by atoms with van der Waals surface area (Å²) in [5.74, 6) is -1.63. The lowest BCUT2D eigenvalue weighted by Gasteiger charge is -2.27. The number of likely N-dealkylation sites (tertiary alicyclic amines) is 2. The predicted molar refractivity (Wildman–Crippen MR) is 151 cm³/mol. The van der Waals surface area contributed by atoms with Crippen LogP contribution in [-0.2, 0) is 33.3 Å². The highest BCUT2D eigenvalue weighted by molar-refractivity contribution is 5.82. The van der Waals surface area contributed by atoms with E-state index in [-0.39, 0.29) is 46.8 Å². The van der Waals surface area contributed by atoms with Crippen molar-refractivity contribution in [2.24, 2.45) is 0 Å². The first-order valence-corrected chi connectivity index (χ1v) is 13.0. The minimum atomic E-state index is -1.02. The van der Waals surface area contributed by atoms with Crippen molar-refractivity contribution in [3.05, 3.63) is 0 Å². The molecule has 0 spiro atoms. The molecule has 0 aromatic rings. The van der Waals surface area contributed by atoms with E-state index in [1.54, 1.807) is 47.6 Å². The molecular formula is C28H51N3O10. The molecule has 2 aliphatic rings. The number of rotatable bonds is 7. The molecule has 0 aliphatic carbocycles. The molecule has 0 bridgehead atoms. The number of ether oxygens (including phenoxy) is 5. The SMILES string of the molecule is C.C.CCO[C@@H]1C[C@@H](C(=O)O)N(C(=O)OC(C)(C)C)C1.CCO[C@@H]1C[C@@H](C(=O)OCC#N)N(C(=O)OC(C)(C)C)C1. The van der Waals surface area contributed by atoms with Gasteiger partial charge in [0.2, 0.25) is 0 Å². The average molecular weight is 590 g/mol. The van der Waals surface area contributed by atoms with Crippen molar-refractivity contribution >= 4 is 24.1 Å². The summed E-state index contributed by atoms with van der Waals surface area (Å²) in [5, 5.41) is 17.6. The molecule has 2 rings (SSSR count). The summed E-state index contributed by atoms with van der Waals surface area (Å²) in [5.41, 5.74) is -1.29. The quantitative estimate of drug-likeness (QED) is 0.334. The van der Waals surface area contributed by atoms with Crippen LogP contribution in [0.3, 0.4) is 0 Å². The van der Waals surface area contributed by atoms with Crippen molar-refractivity contribution in [2.75, 3.05) is 32.9 Å². The zero-order valence-corrected chi connectivity index (χ0v) is 24.2. The third kappa shape index (κ3) is 13.9. The van der Waals surface area contributed by atoms with Gasteiger partial charge in [0, 0.05) is 26.1 Å². The van der Waals surface area contributed by atoms with Crippen LogP contribution in [0, 0.1) is 11.3 Å². The number of carbonyl (C=O) groups is 4. The van der Waals surface area contributed by atoms with Gasteiger partial charge in [-0.05, 0) is 55.4 Å². The average Bonchev–Trinajstić information content (AvgIpc) is 3.41. The Balaban J connectivity index is 0. The van der Waals surface area contributed by atoms with Crippen molar-refractivity contribution in [1.82, 2.24) is 9.80 Å². The van der Waals surface area contributed by atoms with Gasteiger partial charge in [0.15, 0.2) is 6.61 Å². The molecule has 2 fully saturated rings. The van der Waals surface area contributed by atoms with Crippen molar-refractivity contribution in [3.8, 4) is 6.07 Å². The summed E-state index contributed by atoms with van der Waals surface area (Å²) >= 11 is 0. The maximum absolute atomic E-state index is 12.2. The second-order valence-electron chi connectivity index (χ2n) is 11.0. The molecule has 1 N–H and O–H groups in total. The lowest BCUT2D eigenvalue weighted by Crippen LogP contribution is -2.44. The topological polar surface area (TPSA) is 165 Å². The second-order valence-corrected chi connectivity index (χ2v) is 11.0. The van der Waals surface area contributed by atoms with E-state index in [0.29, 0.717) is 26.1 Å². The van der Waals surface area contributed by atoms with Gasteiger partial charge in [0.05, 0.1) is 25.3 Å². The van der Waals surface area contributed by atoms with Crippen LogP contribution in [0.2, 0.25) is 0 Å². The van der Waals surface area contributed by atoms with Crippen molar-refractivity contribution in [1.29, 1.82) is 5.26 Å². The first-order valence-electron chi connectivity index (χ1n) is 13.0. The molecule has 0 unspecified atom stereocenters. The summed E-state index contributed by atoms with van der Waals surface area (Å²) in [7, 11) is 0. The van der Waals surface area contributed by atoms with Gasteiger partial charge in [-0.2, -0.15) is 5.26 Å². The molecule has 2 saturated heterocycles. The van der Waals surface area contributed by atoms with Crippen LogP contribution in [0.15, 0.2) is 0 Å². The molecule has 2 aliphatic heterocycles. The molecule has 0 aromatic heterocycles. The summed E-state index contributed by atoms with van der Waals surface area (Å²) in [6.45, 7) is 15.4. The Bertz CT molecular complexity index is 891. The van der Waals surface area contributed by atoms with Gasteiger partial charge in [0.25, 0.3) is 0 Å². The fourth-order valence-electron chi connectivity index (χ4n) is 4.01. The van der Waals surface area contributed by atoms with Gasteiger partial charge < -0.3 is 28.8 Å². The minimum absolute atomic E-state index is 0. The Kier molecular flexibility index (Phi) is 17.2. The van der Waals surface area contributed by atoms with E-state index in [0.717, 1.165) is 0 Å². The molecule has 2 heterocycles. The minimum Gasteiger partial charge on any atom is -0.480 e. The Hall–Kier alpha value is -3.11. The number of aliphatic carboxylic acids is 1. The number of carboxylic acids is 1. The van der Waals surface area contributed by atoms with Gasteiger partial charge in [-0.25, -0.2) is 19.2 Å². The van der Waals surface area contributed by atoms with Crippen molar-refractivity contribution < 1.29 is 48.0 Å². The lowest BCUT2D eigenvalue weighted by atomic mass is 10.2. The maximum Gasteiger partial charge on any atom is 0.411 e. The third-order valence-electron chi connectivity index (χ3n) is 5.42. The van der Waals surface area contributed by atoms with Crippen LogP contribution in [0.1, 0.15) is 83.1 Å². The van der Waals surface area contributed by atoms with Crippen LogP contribution < -0.4 is 0 Å². The van der Waals surface area contributed by atoms with Gasteiger partial charge in [-0.3, -0.25) is 9.80 Å². The lowest BCUT2D eigenvalue weighted by molar-refractivity contribution is -0.147. The van der Waals surface area contributed by atoms with E-state index in [1.165, 1.54) is 9.80 Å². The Labute approximate surface area is 245 Å². The van der Waals surface area contributed by atoms with Crippen LogP contribution in [0.4, 0.5) is 9.59 Å². The van der Waals surface area contributed by atoms with Crippen molar-refractivity contribution in [3.63, 3.8) is 0 Å². The number of amides is 2. The molecule has 0 radical (unpaired) electrons. The Morgan fingerprint density at radius 1 is 0.805 bits per heavy atom. The molecule has 2 amide bonds. The number of carboxylic acid groups (broad SMARTS) is 1. The predicted octanol–water partition coefficient (Wildman–Crippen LogP) is 4.23. The summed E-state index contributed by atoms with van der Waals surface area (Å²) in [4.78, 5) is 49.7. The zero-order valence-electron chi connectivity index (χ0n) is 24.2. The molecule has 238 valence electrons. The van der Waals surface area contributed by atoms with Gasteiger partial charge >= 0.3 is 24.1 Å².